The Morgan fingerprint density at radius 3 is 2.39 bits per heavy atom. The van der Waals surface area contributed by atoms with E-state index >= 15 is 0 Å². The molecule has 0 saturated carbocycles. The van der Waals surface area contributed by atoms with E-state index in [0.717, 1.165) is 24.5 Å². The maximum atomic E-state index is 12.8. The van der Waals surface area contributed by atoms with Crippen molar-refractivity contribution < 1.29 is 23.8 Å². The minimum atomic E-state index is -0.780. The largest absolute Gasteiger partial charge is 0.497 e. The molecule has 2 atom stereocenters. The van der Waals surface area contributed by atoms with Crippen LogP contribution >= 0.6 is 0 Å². The van der Waals surface area contributed by atoms with Crippen LogP contribution < -0.4 is 24.4 Å². The fourth-order valence-electron chi connectivity index (χ4n) is 3.77. The highest BCUT2D eigenvalue weighted by atomic mass is 16.6. The van der Waals surface area contributed by atoms with Crippen LogP contribution in [0.5, 0.6) is 17.2 Å². The topological polar surface area (TPSA) is 80.3 Å². The van der Waals surface area contributed by atoms with E-state index in [2.05, 4.69) is 10.2 Å². The van der Waals surface area contributed by atoms with Crippen molar-refractivity contribution in [3.63, 3.8) is 0 Å². The lowest BCUT2D eigenvalue weighted by atomic mass is 10.2. The summed E-state index contributed by atoms with van der Waals surface area (Å²) in [6.45, 7) is 4.48. The van der Waals surface area contributed by atoms with Crippen molar-refractivity contribution in [3.05, 3.63) is 48.5 Å². The third-order valence-corrected chi connectivity index (χ3v) is 5.56. The zero-order valence-electron chi connectivity index (χ0n) is 17.7. The fraction of sp³-hybridized carbons (Fsp3) is 0.391. The van der Waals surface area contributed by atoms with Crippen LogP contribution in [-0.4, -0.2) is 68.8 Å². The molecule has 2 aromatic rings. The third kappa shape index (κ3) is 4.68. The van der Waals surface area contributed by atoms with E-state index in [1.807, 2.05) is 36.4 Å². The summed E-state index contributed by atoms with van der Waals surface area (Å²) >= 11 is 0. The summed E-state index contributed by atoms with van der Waals surface area (Å²) in [6.07, 6.45) is -0.780. The van der Waals surface area contributed by atoms with Gasteiger partial charge in [0, 0.05) is 31.9 Å². The molecule has 1 saturated heterocycles. The van der Waals surface area contributed by atoms with Gasteiger partial charge in [0.15, 0.2) is 11.5 Å². The third-order valence-electron chi connectivity index (χ3n) is 5.56. The molecule has 4 rings (SSSR count). The number of carbonyl (C=O) groups is 2. The van der Waals surface area contributed by atoms with Gasteiger partial charge in [-0.15, -0.1) is 0 Å². The molecule has 2 aromatic carbocycles. The van der Waals surface area contributed by atoms with E-state index in [9.17, 15) is 9.59 Å². The van der Waals surface area contributed by atoms with Crippen LogP contribution in [0.1, 0.15) is 6.92 Å². The predicted octanol–water partition coefficient (Wildman–Crippen LogP) is 1.69. The summed E-state index contributed by atoms with van der Waals surface area (Å²) in [7, 11) is 1.64. The molecule has 2 heterocycles. The summed E-state index contributed by atoms with van der Waals surface area (Å²) in [5.74, 6) is 1.51. The quantitative estimate of drug-likeness (QED) is 0.785. The molecule has 2 amide bonds. The molecule has 2 aliphatic heterocycles. The number of ether oxygens (including phenoxy) is 3. The van der Waals surface area contributed by atoms with Crippen molar-refractivity contribution in [2.75, 3.05) is 44.8 Å². The monoisotopic (exact) mass is 425 g/mol. The summed E-state index contributed by atoms with van der Waals surface area (Å²) in [5.41, 5.74) is 1.10. The van der Waals surface area contributed by atoms with Gasteiger partial charge in [0.05, 0.1) is 7.11 Å². The second-order valence-corrected chi connectivity index (χ2v) is 7.60. The van der Waals surface area contributed by atoms with Crippen LogP contribution in [0.25, 0.3) is 0 Å². The maximum absolute atomic E-state index is 12.8. The predicted molar refractivity (Wildman–Crippen MR) is 116 cm³/mol. The first-order valence-electron chi connectivity index (χ1n) is 10.4. The first-order valence-corrected chi connectivity index (χ1v) is 10.4. The number of amides is 2. The van der Waals surface area contributed by atoms with Gasteiger partial charge in [0.2, 0.25) is 12.0 Å². The fourth-order valence-corrected chi connectivity index (χ4v) is 3.77. The Labute approximate surface area is 181 Å². The second-order valence-electron chi connectivity index (χ2n) is 7.60. The molecule has 1 N–H and O–H groups in total. The van der Waals surface area contributed by atoms with Gasteiger partial charge < -0.3 is 29.3 Å². The highest BCUT2D eigenvalue weighted by molar-refractivity contribution is 5.89. The number of anilines is 1. The van der Waals surface area contributed by atoms with E-state index in [1.165, 1.54) is 0 Å². The van der Waals surface area contributed by atoms with E-state index < -0.39 is 12.1 Å². The number of nitrogens with one attached hydrogen (secondary N) is 1. The van der Waals surface area contributed by atoms with Crippen molar-refractivity contribution in [3.8, 4) is 17.2 Å². The molecule has 0 spiro atoms. The minimum Gasteiger partial charge on any atom is -0.497 e. The Bertz CT molecular complexity index is 925. The number of hydrogen-bond donors (Lipinski definition) is 1. The van der Waals surface area contributed by atoms with Crippen LogP contribution in [0.2, 0.25) is 0 Å². The van der Waals surface area contributed by atoms with Gasteiger partial charge in [-0.3, -0.25) is 9.59 Å². The lowest BCUT2D eigenvalue weighted by Crippen LogP contribution is -2.56. The van der Waals surface area contributed by atoms with Gasteiger partial charge in [-0.2, -0.15) is 0 Å². The lowest BCUT2D eigenvalue weighted by molar-refractivity contribution is -0.139. The number of carbonyl (C=O) groups excluding carboxylic acids is 2. The van der Waals surface area contributed by atoms with Crippen LogP contribution in [0, 0.1) is 0 Å². The van der Waals surface area contributed by atoms with Gasteiger partial charge in [0.25, 0.3) is 5.91 Å². The smallest absolute Gasteiger partial charge is 0.265 e. The van der Waals surface area contributed by atoms with Crippen LogP contribution in [-0.2, 0) is 9.59 Å². The Balaban J connectivity index is 1.27. The average molecular weight is 425 g/mol. The van der Waals surface area contributed by atoms with E-state index in [-0.39, 0.29) is 18.4 Å². The number of rotatable bonds is 5. The zero-order chi connectivity index (χ0) is 21.8. The second kappa shape index (κ2) is 9.16. The maximum Gasteiger partial charge on any atom is 0.265 e. The van der Waals surface area contributed by atoms with Crippen LogP contribution in [0.3, 0.4) is 0 Å². The zero-order valence-corrected chi connectivity index (χ0v) is 17.7. The number of benzene rings is 2. The molecular formula is C23H27N3O5. The average Bonchev–Trinajstić information content (AvgIpc) is 2.83. The van der Waals surface area contributed by atoms with Crippen molar-refractivity contribution in [2.45, 2.75) is 19.1 Å². The Kier molecular flexibility index (Phi) is 6.16. The molecule has 31 heavy (non-hydrogen) atoms. The highest BCUT2D eigenvalue weighted by Crippen LogP contribution is 2.30. The van der Waals surface area contributed by atoms with E-state index in [4.69, 9.17) is 14.2 Å². The van der Waals surface area contributed by atoms with Gasteiger partial charge in [-0.1, -0.05) is 12.1 Å². The molecule has 0 unspecified atom stereocenters. The summed E-state index contributed by atoms with van der Waals surface area (Å²) in [6, 6.07) is 14.5. The Morgan fingerprint density at radius 2 is 1.71 bits per heavy atom. The molecule has 0 aromatic heterocycles. The van der Waals surface area contributed by atoms with Crippen molar-refractivity contribution in [1.29, 1.82) is 0 Å². The minimum absolute atomic E-state index is 0.0974. The number of nitrogens with zero attached hydrogens (tertiary/aromatic N) is 2. The molecule has 1 fully saturated rings. The molecule has 2 aliphatic rings. The number of hydrogen-bond acceptors (Lipinski definition) is 6. The first-order chi connectivity index (χ1) is 15.0. The Morgan fingerprint density at radius 1 is 1.03 bits per heavy atom. The SMILES string of the molecule is COc1ccc(N2CCN(C(=O)[C@H](C)NC(=O)[C@@H]3COc4ccccc4O3)CC2)cc1. The Hall–Kier alpha value is -3.42. The molecule has 0 aliphatic carbocycles. The number of fused-ring (bicyclic) bond motifs is 1. The number of para-hydroxylation sites is 2. The summed E-state index contributed by atoms with van der Waals surface area (Å²) in [4.78, 5) is 29.5. The molecule has 0 radical (unpaired) electrons. The molecule has 164 valence electrons. The first kappa shape index (κ1) is 20.8. The summed E-state index contributed by atoms with van der Waals surface area (Å²) < 4.78 is 16.5. The molecule has 8 heteroatoms. The molecule has 8 nitrogen and oxygen atoms in total. The van der Waals surface area contributed by atoms with E-state index in [1.54, 1.807) is 31.1 Å². The van der Waals surface area contributed by atoms with Crippen molar-refractivity contribution >= 4 is 17.5 Å². The lowest BCUT2D eigenvalue weighted by Gasteiger charge is -2.37. The van der Waals surface area contributed by atoms with Gasteiger partial charge in [0.1, 0.15) is 18.4 Å². The molecule has 0 bridgehead atoms. The highest BCUT2D eigenvalue weighted by Gasteiger charge is 2.31. The number of methoxy groups -OCH3 is 1. The summed E-state index contributed by atoms with van der Waals surface area (Å²) in [5, 5.41) is 2.77. The van der Waals surface area contributed by atoms with Crippen molar-refractivity contribution in [1.82, 2.24) is 10.2 Å². The molecular weight excluding hydrogens is 398 g/mol. The van der Waals surface area contributed by atoms with Crippen LogP contribution in [0.4, 0.5) is 5.69 Å². The van der Waals surface area contributed by atoms with E-state index in [0.29, 0.717) is 24.6 Å². The number of piperazine rings is 1. The van der Waals surface area contributed by atoms with Gasteiger partial charge in [-0.25, -0.2) is 0 Å². The standard InChI is InChI=1S/C23H27N3O5/c1-16(24-22(27)21-15-30-19-5-3-4-6-20(19)31-21)23(28)26-13-11-25(12-14-26)17-7-9-18(29-2)10-8-17/h3-10,16,21H,11-15H2,1-2H3,(H,24,27)/t16-,21-/m0/s1. The van der Waals surface area contributed by atoms with Gasteiger partial charge in [-0.05, 0) is 43.3 Å². The van der Waals surface area contributed by atoms with Crippen molar-refractivity contribution in [2.24, 2.45) is 0 Å². The normalized spacial score (nSPS) is 18.8. The van der Waals surface area contributed by atoms with Gasteiger partial charge >= 0.3 is 0 Å². The van der Waals surface area contributed by atoms with Crippen LogP contribution in [0.15, 0.2) is 48.5 Å².